The first-order chi connectivity index (χ1) is 11.6. The molecule has 1 aliphatic heterocycles. The summed E-state index contributed by atoms with van der Waals surface area (Å²) in [7, 11) is 0. The third-order valence-corrected chi connectivity index (χ3v) is 4.25. The van der Waals surface area contributed by atoms with Crippen molar-refractivity contribution in [2.75, 3.05) is 6.61 Å². The second kappa shape index (κ2) is 9.20. The number of esters is 1. The number of carbonyl (C=O) groups is 3. The first-order valence-corrected chi connectivity index (χ1v) is 9.28. The molecule has 1 saturated heterocycles. The first-order valence-electron chi connectivity index (χ1n) is 9.28. The minimum atomic E-state index is -0.603. The van der Waals surface area contributed by atoms with Crippen LogP contribution in [-0.2, 0) is 19.1 Å². The van der Waals surface area contributed by atoms with Crippen LogP contribution in [-0.4, -0.2) is 41.1 Å². The highest BCUT2D eigenvalue weighted by atomic mass is 16.6. The van der Waals surface area contributed by atoms with E-state index in [4.69, 9.17) is 9.47 Å². The van der Waals surface area contributed by atoms with Crippen LogP contribution in [0.15, 0.2) is 0 Å². The van der Waals surface area contributed by atoms with E-state index in [9.17, 15) is 14.4 Å². The van der Waals surface area contributed by atoms with Crippen LogP contribution in [0.1, 0.15) is 73.6 Å². The van der Waals surface area contributed by atoms with Crippen molar-refractivity contribution >= 4 is 18.0 Å². The molecule has 0 aliphatic carbocycles. The Kier molecular flexibility index (Phi) is 7.90. The van der Waals surface area contributed by atoms with E-state index in [1.807, 2.05) is 13.8 Å². The Balaban J connectivity index is 2.87. The van der Waals surface area contributed by atoms with Crippen molar-refractivity contribution in [2.24, 2.45) is 11.8 Å². The zero-order valence-electron chi connectivity index (χ0n) is 16.5. The van der Waals surface area contributed by atoms with Crippen molar-refractivity contribution in [3.05, 3.63) is 0 Å². The van der Waals surface area contributed by atoms with Gasteiger partial charge in [-0.15, -0.1) is 0 Å². The lowest BCUT2D eigenvalue weighted by Crippen LogP contribution is -2.45. The standard InChI is InChI=1S/C19H33NO5/c1-7-8-9-10-14(11-16(21)25-19(4,5)6)17(22)20-15(13(2)3)12-24-18(20)23/h13-15H,7-12H2,1-6H3/t14-,15-/m0/s1. The quantitative estimate of drug-likeness (QED) is 0.487. The highest BCUT2D eigenvalue weighted by Crippen LogP contribution is 2.26. The summed E-state index contributed by atoms with van der Waals surface area (Å²) < 4.78 is 10.4. The molecule has 0 N–H and O–H groups in total. The number of unbranched alkanes of at least 4 members (excludes halogenated alkanes) is 2. The molecule has 0 aromatic carbocycles. The number of nitrogens with zero attached hydrogens (tertiary/aromatic N) is 1. The van der Waals surface area contributed by atoms with Crippen LogP contribution in [0.3, 0.4) is 0 Å². The normalized spacial score (nSPS) is 19.1. The molecule has 1 fully saturated rings. The number of cyclic esters (lactones) is 1. The van der Waals surface area contributed by atoms with Gasteiger partial charge in [-0.3, -0.25) is 9.59 Å². The van der Waals surface area contributed by atoms with Crippen LogP contribution >= 0.6 is 0 Å². The average Bonchev–Trinajstić information content (AvgIpc) is 2.85. The molecule has 0 saturated carbocycles. The molecule has 0 aromatic heterocycles. The van der Waals surface area contributed by atoms with Gasteiger partial charge in [-0.25, -0.2) is 9.69 Å². The summed E-state index contributed by atoms with van der Waals surface area (Å²) in [6, 6.07) is -0.271. The number of carbonyl (C=O) groups excluding carboxylic acids is 3. The first kappa shape index (κ1) is 21.5. The van der Waals surface area contributed by atoms with E-state index in [0.29, 0.717) is 6.42 Å². The molecule has 6 heteroatoms. The smallest absolute Gasteiger partial charge is 0.416 e. The molecule has 144 valence electrons. The molecule has 0 spiro atoms. The van der Waals surface area contributed by atoms with Gasteiger partial charge in [-0.1, -0.05) is 40.0 Å². The Bertz CT molecular complexity index is 481. The summed E-state index contributed by atoms with van der Waals surface area (Å²) in [5.41, 5.74) is -0.596. The second-order valence-electron chi connectivity index (χ2n) is 8.08. The summed E-state index contributed by atoms with van der Waals surface area (Å²) in [6.07, 6.45) is 2.80. The molecule has 0 aromatic rings. The van der Waals surface area contributed by atoms with E-state index in [2.05, 4.69) is 6.92 Å². The molecule has 0 bridgehead atoms. The summed E-state index contributed by atoms with van der Waals surface area (Å²) in [5, 5.41) is 0. The van der Waals surface area contributed by atoms with E-state index in [0.717, 1.165) is 19.3 Å². The summed E-state index contributed by atoms with van der Waals surface area (Å²) in [4.78, 5) is 38.5. The minimum absolute atomic E-state index is 0.00554. The van der Waals surface area contributed by atoms with Crippen LogP contribution in [0.4, 0.5) is 4.79 Å². The Hall–Kier alpha value is -1.59. The van der Waals surface area contributed by atoms with Crippen molar-refractivity contribution in [2.45, 2.75) is 85.3 Å². The lowest BCUT2D eigenvalue weighted by atomic mass is 9.94. The number of hydrogen-bond acceptors (Lipinski definition) is 5. The van der Waals surface area contributed by atoms with Crippen molar-refractivity contribution in [1.29, 1.82) is 0 Å². The molecule has 25 heavy (non-hydrogen) atoms. The van der Waals surface area contributed by atoms with Crippen molar-refractivity contribution in [3.8, 4) is 0 Å². The van der Waals surface area contributed by atoms with Gasteiger partial charge in [0.05, 0.1) is 12.5 Å². The predicted molar refractivity (Wildman–Crippen MR) is 94.9 cm³/mol. The summed E-state index contributed by atoms with van der Waals surface area (Å²) in [6.45, 7) is 11.6. The highest BCUT2D eigenvalue weighted by molar-refractivity contribution is 5.96. The van der Waals surface area contributed by atoms with Gasteiger partial charge in [0.1, 0.15) is 12.2 Å². The lowest BCUT2D eigenvalue weighted by Gasteiger charge is -2.27. The zero-order valence-corrected chi connectivity index (χ0v) is 16.5. The maximum Gasteiger partial charge on any atom is 0.416 e. The summed E-state index contributed by atoms with van der Waals surface area (Å²) >= 11 is 0. The molecule has 0 unspecified atom stereocenters. The van der Waals surface area contributed by atoms with Gasteiger partial charge in [0.25, 0.3) is 0 Å². The summed E-state index contributed by atoms with van der Waals surface area (Å²) in [5.74, 6) is -1.17. The monoisotopic (exact) mass is 355 g/mol. The second-order valence-corrected chi connectivity index (χ2v) is 8.08. The van der Waals surface area contributed by atoms with E-state index < -0.39 is 23.6 Å². The van der Waals surface area contributed by atoms with E-state index in [1.54, 1.807) is 20.8 Å². The topological polar surface area (TPSA) is 72.9 Å². The van der Waals surface area contributed by atoms with Crippen LogP contribution < -0.4 is 0 Å². The molecule has 1 rings (SSSR count). The zero-order chi connectivity index (χ0) is 19.2. The van der Waals surface area contributed by atoms with Gasteiger partial charge in [-0.05, 0) is 33.1 Å². The lowest BCUT2D eigenvalue weighted by molar-refractivity contribution is -0.158. The van der Waals surface area contributed by atoms with Crippen molar-refractivity contribution in [3.63, 3.8) is 0 Å². The van der Waals surface area contributed by atoms with Gasteiger partial charge < -0.3 is 9.47 Å². The number of imide groups is 1. The van der Waals surface area contributed by atoms with E-state index in [1.165, 1.54) is 4.90 Å². The number of hydrogen-bond donors (Lipinski definition) is 0. The Labute approximate surface area is 151 Å². The molecule has 1 heterocycles. The number of rotatable bonds is 8. The molecular weight excluding hydrogens is 322 g/mol. The maximum atomic E-state index is 13.0. The Morgan fingerprint density at radius 2 is 1.92 bits per heavy atom. The highest BCUT2D eigenvalue weighted by Gasteiger charge is 2.42. The maximum absolute atomic E-state index is 13.0. The minimum Gasteiger partial charge on any atom is -0.460 e. The fraction of sp³-hybridized carbons (Fsp3) is 0.842. The molecule has 2 amide bonds. The van der Waals surface area contributed by atoms with Gasteiger partial charge in [0.2, 0.25) is 5.91 Å². The Morgan fingerprint density at radius 1 is 1.28 bits per heavy atom. The van der Waals surface area contributed by atoms with Crippen LogP contribution in [0.5, 0.6) is 0 Å². The fourth-order valence-electron chi connectivity index (χ4n) is 2.91. The Morgan fingerprint density at radius 3 is 2.44 bits per heavy atom. The van der Waals surface area contributed by atoms with Crippen molar-refractivity contribution in [1.82, 2.24) is 4.90 Å². The number of ether oxygens (including phenoxy) is 2. The van der Waals surface area contributed by atoms with Gasteiger partial charge in [0, 0.05) is 5.92 Å². The molecule has 2 atom stereocenters. The van der Waals surface area contributed by atoms with Crippen LogP contribution in [0.2, 0.25) is 0 Å². The third kappa shape index (κ3) is 6.67. The SMILES string of the molecule is CCCCC[C@@H](CC(=O)OC(C)(C)C)C(=O)N1C(=O)OC[C@H]1C(C)C. The largest absolute Gasteiger partial charge is 0.460 e. The van der Waals surface area contributed by atoms with E-state index in [-0.39, 0.29) is 30.9 Å². The van der Waals surface area contributed by atoms with Gasteiger partial charge in [-0.2, -0.15) is 0 Å². The van der Waals surface area contributed by atoms with Crippen LogP contribution in [0, 0.1) is 11.8 Å². The van der Waals surface area contributed by atoms with Crippen molar-refractivity contribution < 1.29 is 23.9 Å². The average molecular weight is 355 g/mol. The van der Waals surface area contributed by atoms with E-state index >= 15 is 0 Å². The molecular formula is C19H33NO5. The molecule has 6 nitrogen and oxygen atoms in total. The molecule has 0 radical (unpaired) electrons. The fourth-order valence-corrected chi connectivity index (χ4v) is 2.91. The molecule has 1 aliphatic rings. The predicted octanol–water partition coefficient (Wildman–Crippen LogP) is 3.92. The number of amides is 2. The van der Waals surface area contributed by atoms with Gasteiger partial charge in [0.15, 0.2) is 0 Å². The third-order valence-electron chi connectivity index (χ3n) is 4.25. The van der Waals surface area contributed by atoms with Crippen LogP contribution in [0.25, 0.3) is 0 Å². The van der Waals surface area contributed by atoms with Gasteiger partial charge >= 0.3 is 12.1 Å².